The molecule has 0 aromatic carbocycles. The van der Waals surface area contributed by atoms with Crippen molar-refractivity contribution >= 4 is 23.7 Å². The van der Waals surface area contributed by atoms with Crippen molar-refractivity contribution in [2.24, 2.45) is 23.3 Å². The molecule has 0 aromatic rings. The molecule has 0 radical (unpaired) electrons. The van der Waals surface area contributed by atoms with E-state index in [1.165, 1.54) is 0 Å². The van der Waals surface area contributed by atoms with Gasteiger partial charge in [-0.3, -0.25) is 19.2 Å². The Hall–Kier alpha value is -2.20. The summed E-state index contributed by atoms with van der Waals surface area (Å²) >= 11 is 0. The van der Waals surface area contributed by atoms with Gasteiger partial charge in [0.15, 0.2) is 0 Å². The van der Waals surface area contributed by atoms with Gasteiger partial charge in [-0.05, 0) is 37.6 Å². The van der Waals surface area contributed by atoms with Gasteiger partial charge in [0, 0.05) is 0 Å². The molecule has 3 amide bonds. The molecular weight excluding hydrogens is 378 g/mol. The summed E-state index contributed by atoms with van der Waals surface area (Å²) in [6, 6.07) is -2.52. The smallest absolute Gasteiger partial charge is 0.322 e. The minimum atomic E-state index is -1.18. The van der Waals surface area contributed by atoms with Crippen LogP contribution in [0.2, 0.25) is 0 Å². The van der Waals surface area contributed by atoms with Crippen molar-refractivity contribution in [2.45, 2.75) is 71.5 Å². The largest absolute Gasteiger partial charge is 0.480 e. The van der Waals surface area contributed by atoms with E-state index in [-0.39, 0.29) is 11.8 Å². The number of nitrogens with two attached hydrogens (primary N) is 2. The van der Waals surface area contributed by atoms with Gasteiger partial charge in [0.05, 0.1) is 6.04 Å². The van der Waals surface area contributed by atoms with E-state index in [0.717, 1.165) is 6.42 Å². The van der Waals surface area contributed by atoms with Gasteiger partial charge in [-0.25, -0.2) is 0 Å². The number of hydrogen-bond acceptors (Lipinski definition) is 6. The van der Waals surface area contributed by atoms with Crippen LogP contribution in [0.5, 0.6) is 0 Å². The Labute approximate surface area is 172 Å². The topological polar surface area (TPSA) is 177 Å². The van der Waals surface area contributed by atoms with Crippen molar-refractivity contribution in [3.63, 3.8) is 0 Å². The molecule has 0 spiro atoms. The monoisotopic (exact) mass is 415 g/mol. The van der Waals surface area contributed by atoms with Gasteiger partial charge in [-0.2, -0.15) is 0 Å². The maximum atomic E-state index is 12.8. The fourth-order valence-electron chi connectivity index (χ4n) is 2.68. The summed E-state index contributed by atoms with van der Waals surface area (Å²) in [7, 11) is 0. The molecule has 10 nitrogen and oxygen atoms in total. The van der Waals surface area contributed by atoms with Gasteiger partial charge in [0.25, 0.3) is 0 Å². The number of carbonyl (C=O) groups is 4. The lowest BCUT2D eigenvalue weighted by Crippen LogP contribution is -2.57. The van der Waals surface area contributed by atoms with E-state index in [2.05, 4.69) is 16.0 Å². The SMILES string of the molecule is CC(C)CC(NC(=O)C(N)CCCCN)C(=O)NC(C(=O)NCC(=O)O)C(C)C. The van der Waals surface area contributed by atoms with Crippen molar-refractivity contribution in [3.05, 3.63) is 0 Å². The second-order valence-corrected chi connectivity index (χ2v) is 7.92. The molecule has 0 aliphatic carbocycles. The van der Waals surface area contributed by atoms with Crippen LogP contribution in [0.1, 0.15) is 53.4 Å². The quantitative estimate of drug-likeness (QED) is 0.203. The van der Waals surface area contributed by atoms with Crippen LogP contribution in [0.25, 0.3) is 0 Å². The average Bonchev–Trinajstić information content (AvgIpc) is 2.62. The van der Waals surface area contributed by atoms with Gasteiger partial charge in [0.1, 0.15) is 18.6 Å². The molecule has 0 aliphatic heterocycles. The second-order valence-electron chi connectivity index (χ2n) is 7.92. The van der Waals surface area contributed by atoms with Gasteiger partial charge in [-0.1, -0.05) is 34.1 Å². The predicted octanol–water partition coefficient (Wildman–Crippen LogP) is -0.685. The predicted molar refractivity (Wildman–Crippen MR) is 110 cm³/mol. The van der Waals surface area contributed by atoms with E-state index < -0.39 is 48.4 Å². The number of rotatable bonds is 14. The molecule has 0 saturated heterocycles. The summed E-state index contributed by atoms with van der Waals surface area (Å²) < 4.78 is 0. The zero-order chi connectivity index (χ0) is 22.6. The number of carboxylic acid groups (broad SMARTS) is 1. The Morgan fingerprint density at radius 1 is 0.931 bits per heavy atom. The number of carboxylic acids is 1. The maximum absolute atomic E-state index is 12.8. The lowest BCUT2D eigenvalue weighted by atomic mass is 9.99. The van der Waals surface area contributed by atoms with Crippen LogP contribution in [-0.2, 0) is 19.2 Å². The fourth-order valence-corrected chi connectivity index (χ4v) is 2.68. The first-order valence-corrected chi connectivity index (χ1v) is 10.0. The standard InChI is InChI=1S/C19H37N5O5/c1-11(2)9-14(23-17(27)13(21)7-5-6-8-20)18(28)24-16(12(3)4)19(29)22-10-15(25)26/h11-14,16H,5-10,20-21H2,1-4H3,(H,22,29)(H,23,27)(H,24,28)(H,25,26). The third-order valence-electron chi connectivity index (χ3n) is 4.31. The first kappa shape index (κ1) is 26.8. The number of nitrogens with one attached hydrogen (secondary N) is 3. The summed E-state index contributed by atoms with van der Waals surface area (Å²) in [5, 5.41) is 16.3. The van der Waals surface area contributed by atoms with Crippen LogP contribution in [0.4, 0.5) is 0 Å². The highest BCUT2D eigenvalue weighted by Gasteiger charge is 2.30. The summed E-state index contributed by atoms with van der Waals surface area (Å²) in [6.45, 7) is 7.26. The Kier molecular flexibility index (Phi) is 12.8. The molecule has 10 heteroatoms. The van der Waals surface area contributed by atoms with E-state index in [1.807, 2.05) is 13.8 Å². The maximum Gasteiger partial charge on any atom is 0.322 e. The summed E-state index contributed by atoms with van der Waals surface area (Å²) in [6.07, 6.45) is 2.31. The molecule has 0 fully saturated rings. The molecule has 0 aromatic heterocycles. The molecule has 0 aliphatic rings. The fraction of sp³-hybridized carbons (Fsp3) is 0.789. The van der Waals surface area contributed by atoms with Gasteiger partial charge >= 0.3 is 5.97 Å². The minimum absolute atomic E-state index is 0.109. The third kappa shape index (κ3) is 11.4. The molecule has 3 atom stereocenters. The second kappa shape index (κ2) is 13.9. The highest BCUT2D eigenvalue weighted by molar-refractivity contribution is 5.93. The Bertz CT molecular complexity index is 553. The number of hydrogen-bond donors (Lipinski definition) is 6. The molecule has 0 heterocycles. The van der Waals surface area contributed by atoms with Crippen molar-refractivity contribution in [2.75, 3.05) is 13.1 Å². The van der Waals surface area contributed by atoms with Crippen molar-refractivity contribution < 1.29 is 24.3 Å². The summed E-state index contributed by atoms with van der Waals surface area (Å²) in [5.41, 5.74) is 11.3. The van der Waals surface area contributed by atoms with Gasteiger partial charge < -0.3 is 32.5 Å². The van der Waals surface area contributed by atoms with Crippen LogP contribution in [0.3, 0.4) is 0 Å². The Balaban J connectivity index is 5.08. The highest BCUT2D eigenvalue weighted by atomic mass is 16.4. The molecule has 8 N–H and O–H groups in total. The Morgan fingerprint density at radius 2 is 1.55 bits per heavy atom. The van der Waals surface area contributed by atoms with Crippen LogP contribution in [0, 0.1) is 11.8 Å². The van der Waals surface area contributed by atoms with E-state index >= 15 is 0 Å². The summed E-state index contributed by atoms with van der Waals surface area (Å²) in [5.74, 6) is -2.88. The number of unbranched alkanes of at least 4 members (excludes halogenated alkanes) is 1. The van der Waals surface area contributed by atoms with E-state index in [4.69, 9.17) is 16.6 Å². The van der Waals surface area contributed by atoms with Crippen LogP contribution < -0.4 is 27.4 Å². The van der Waals surface area contributed by atoms with Crippen LogP contribution in [-0.4, -0.2) is 60.0 Å². The average molecular weight is 416 g/mol. The van der Waals surface area contributed by atoms with E-state index in [0.29, 0.717) is 25.8 Å². The third-order valence-corrected chi connectivity index (χ3v) is 4.31. The molecule has 0 saturated carbocycles. The number of amides is 3. The molecule has 3 unspecified atom stereocenters. The minimum Gasteiger partial charge on any atom is -0.480 e. The summed E-state index contributed by atoms with van der Waals surface area (Å²) in [4.78, 5) is 48.0. The lowest BCUT2D eigenvalue weighted by Gasteiger charge is -2.26. The zero-order valence-corrected chi connectivity index (χ0v) is 17.9. The zero-order valence-electron chi connectivity index (χ0n) is 17.9. The molecule has 168 valence electrons. The van der Waals surface area contributed by atoms with Gasteiger partial charge in [-0.15, -0.1) is 0 Å². The van der Waals surface area contributed by atoms with Gasteiger partial charge in [0.2, 0.25) is 17.7 Å². The van der Waals surface area contributed by atoms with Crippen LogP contribution >= 0.6 is 0 Å². The first-order valence-electron chi connectivity index (χ1n) is 10.0. The molecule has 29 heavy (non-hydrogen) atoms. The molecule has 0 bridgehead atoms. The van der Waals surface area contributed by atoms with Crippen molar-refractivity contribution in [3.8, 4) is 0 Å². The van der Waals surface area contributed by atoms with E-state index in [1.54, 1.807) is 13.8 Å². The highest BCUT2D eigenvalue weighted by Crippen LogP contribution is 2.09. The molecular formula is C19H37N5O5. The molecule has 0 rings (SSSR count). The lowest BCUT2D eigenvalue weighted by molar-refractivity contribution is -0.139. The van der Waals surface area contributed by atoms with Crippen LogP contribution in [0.15, 0.2) is 0 Å². The number of aliphatic carboxylic acids is 1. The number of carbonyl (C=O) groups excluding carboxylic acids is 3. The van der Waals surface area contributed by atoms with E-state index in [9.17, 15) is 19.2 Å². The van der Waals surface area contributed by atoms with Crippen molar-refractivity contribution in [1.82, 2.24) is 16.0 Å². The first-order chi connectivity index (χ1) is 13.5. The normalized spacial score (nSPS) is 14.2. The van der Waals surface area contributed by atoms with Crippen molar-refractivity contribution in [1.29, 1.82) is 0 Å². The Morgan fingerprint density at radius 3 is 2.03 bits per heavy atom.